The molecule has 10 nitrogen and oxygen atoms in total. The van der Waals surface area contributed by atoms with E-state index in [9.17, 15) is 42.2 Å². The van der Waals surface area contributed by atoms with Gasteiger partial charge in [-0.2, -0.15) is 13.2 Å². The fourth-order valence-electron chi connectivity index (χ4n) is 2.83. The number of halogens is 5. The molecule has 15 heteroatoms. The number of pyridine rings is 1. The van der Waals surface area contributed by atoms with Gasteiger partial charge < -0.3 is 35.9 Å². The maximum absolute atomic E-state index is 14.5. The molecule has 3 amide bonds. The van der Waals surface area contributed by atoms with Crippen LogP contribution in [0, 0.1) is 5.82 Å². The maximum atomic E-state index is 14.5. The first-order chi connectivity index (χ1) is 16.8. The van der Waals surface area contributed by atoms with Crippen LogP contribution in [0.25, 0.3) is 0 Å². The number of aromatic nitrogens is 1. The van der Waals surface area contributed by atoms with Crippen LogP contribution in [0.3, 0.4) is 0 Å². The van der Waals surface area contributed by atoms with Gasteiger partial charge >= 0.3 is 12.2 Å². The molecule has 0 aliphatic heterocycles. The van der Waals surface area contributed by atoms with Crippen molar-refractivity contribution in [2.24, 2.45) is 0 Å². The Morgan fingerprint density at radius 1 is 1.06 bits per heavy atom. The zero-order valence-electron chi connectivity index (χ0n) is 17.9. The van der Waals surface area contributed by atoms with Gasteiger partial charge in [-0.25, -0.2) is 9.18 Å². The van der Waals surface area contributed by atoms with Crippen molar-refractivity contribution in [1.29, 1.82) is 0 Å². The van der Waals surface area contributed by atoms with Gasteiger partial charge in [-0.15, -0.1) is 0 Å². The Morgan fingerprint density at radius 3 is 2.36 bits per heavy atom. The van der Waals surface area contributed by atoms with E-state index in [0.717, 1.165) is 24.3 Å². The maximum Gasteiger partial charge on any atom is 0.417 e. The van der Waals surface area contributed by atoms with Crippen molar-refractivity contribution in [2.75, 3.05) is 17.7 Å². The Hall–Kier alpha value is -4.46. The molecule has 3 aromatic rings. The number of alkyl halides is 3. The van der Waals surface area contributed by atoms with Crippen LogP contribution in [0.1, 0.15) is 16.1 Å². The molecule has 36 heavy (non-hydrogen) atoms. The zero-order chi connectivity index (χ0) is 26.8. The normalized spacial score (nSPS) is 11.1. The molecule has 1 aromatic heterocycles. The van der Waals surface area contributed by atoms with Crippen molar-refractivity contribution in [3.05, 3.63) is 68.8 Å². The lowest BCUT2D eigenvalue weighted by molar-refractivity contribution is -0.137. The SMILES string of the molecule is CNC(=O)c1[nH]c(=O)c(O)c(Oc2ccc(NC(=O)Nc3ccc(Cl)c(C(F)(F)F)c3)c(F)c2)c1O. The van der Waals surface area contributed by atoms with Crippen LogP contribution < -0.4 is 26.2 Å². The molecule has 0 atom stereocenters. The van der Waals surface area contributed by atoms with Crippen LogP contribution in [-0.2, 0) is 6.18 Å². The molecule has 0 aliphatic rings. The molecule has 0 aliphatic carbocycles. The number of anilines is 2. The number of benzene rings is 2. The fraction of sp³-hybridized carbons (Fsp3) is 0.0952. The van der Waals surface area contributed by atoms with Crippen molar-refractivity contribution in [1.82, 2.24) is 10.3 Å². The molecule has 1 heterocycles. The van der Waals surface area contributed by atoms with Crippen molar-refractivity contribution in [3.8, 4) is 23.0 Å². The van der Waals surface area contributed by atoms with Crippen molar-refractivity contribution in [3.63, 3.8) is 0 Å². The summed E-state index contributed by atoms with van der Waals surface area (Å²) in [6, 6.07) is 4.33. The number of hydrogen-bond acceptors (Lipinski definition) is 6. The molecule has 2 aromatic carbocycles. The number of ether oxygens (including phenoxy) is 1. The van der Waals surface area contributed by atoms with Gasteiger partial charge in [0.1, 0.15) is 11.6 Å². The summed E-state index contributed by atoms with van der Waals surface area (Å²) in [5.41, 5.74) is -3.66. The molecule has 3 rings (SSSR count). The van der Waals surface area contributed by atoms with E-state index in [1.165, 1.54) is 7.05 Å². The lowest BCUT2D eigenvalue weighted by Gasteiger charge is -2.14. The molecule has 0 saturated heterocycles. The number of aromatic hydroxyl groups is 2. The summed E-state index contributed by atoms with van der Waals surface area (Å²) < 4.78 is 58.6. The third-order valence-corrected chi connectivity index (χ3v) is 4.84. The standard InChI is InChI=1S/C21H15ClF4N4O6/c1-27-18(33)14-15(31)17(16(32)19(34)30-14)36-9-3-5-13(12(23)7-9)29-20(35)28-8-2-4-11(22)10(6-8)21(24,25)26/h2-7,31-32H,1H3,(H,27,33)(H,30,34)(H2,28,29,35). The molecule has 0 saturated carbocycles. The number of rotatable bonds is 5. The molecule has 6 N–H and O–H groups in total. The molecular weight excluding hydrogens is 516 g/mol. The van der Waals surface area contributed by atoms with E-state index in [-0.39, 0.29) is 11.4 Å². The molecule has 190 valence electrons. The third-order valence-electron chi connectivity index (χ3n) is 4.51. The highest BCUT2D eigenvalue weighted by atomic mass is 35.5. The van der Waals surface area contributed by atoms with Gasteiger partial charge in [-0.3, -0.25) is 9.59 Å². The number of amides is 3. The Morgan fingerprint density at radius 2 is 1.75 bits per heavy atom. The van der Waals surface area contributed by atoms with E-state index >= 15 is 0 Å². The minimum atomic E-state index is -4.76. The van der Waals surface area contributed by atoms with Gasteiger partial charge in [0.15, 0.2) is 11.4 Å². The summed E-state index contributed by atoms with van der Waals surface area (Å²) in [5, 5.41) is 25.8. The van der Waals surface area contributed by atoms with Crippen molar-refractivity contribution >= 4 is 34.9 Å². The van der Waals surface area contributed by atoms with Crippen LogP contribution in [0.15, 0.2) is 41.2 Å². The van der Waals surface area contributed by atoms with Crippen molar-refractivity contribution < 1.29 is 42.1 Å². The number of nitrogens with one attached hydrogen (secondary N) is 4. The second-order valence-electron chi connectivity index (χ2n) is 6.95. The molecule has 0 fully saturated rings. The molecule has 0 radical (unpaired) electrons. The van der Waals surface area contributed by atoms with E-state index in [4.69, 9.17) is 16.3 Å². The summed E-state index contributed by atoms with van der Waals surface area (Å²) in [6.45, 7) is 0. The minimum Gasteiger partial charge on any atom is -0.503 e. The van der Waals surface area contributed by atoms with Gasteiger partial charge in [-0.1, -0.05) is 11.6 Å². The smallest absolute Gasteiger partial charge is 0.417 e. The van der Waals surface area contributed by atoms with E-state index in [1.54, 1.807) is 0 Å². The van der Waals surface area contributed by atoms with E-state index in [1.807, 2.05) is 4.98 Å². The lowest BCUT2D eigenvalue weighted by atomic mass is 10.2. The molecule has 0 bridgehead atoms. The number of urea groups is 1. The van der Waals surface area contributed by atoms with Crippen molar-refractivity contribution in [2.45, 2.75) is 6.18 Å². The van der Waals surface area contributed by atoms with Gasteiger partial charge in [0.2, 0.25) is 11.5 Å². The van der Waals surface area contributed by atoms with Crippen LogP contribution in [0.5, 0.6) is 23.0 Å². The van der Waals surface area contributed by atoms with Crippen LogP contribution in [0.2, 0.25) is 5.02 Å². The topological polar surface area (TPSA) is 153 Å². The highest BCUT2D eigenvalue weighted by molar-refractivity contribution is 6.31. The number of aromatic amines is 1. The Kier molecular flexibility index (Phi) is 7.29. The van der Waals surface area contributed by atoms with Crippen LogP contribution >= 0.6 is 11.6 Å². The largest absolute Gasteiger partial charge is 0.503 e. The van der Waals surface area contributed by atoms with Gasteiger partial charge in [0.25, 0.3) is 11.5 Å². The highest BCUT2D eigenvalue weighted by Gasteiger charge is 2.33. The average molecular weight is 531 g/mol. The first-order valence-corrected chi connectivity index (χ1v) is 10.0. The molecule has 0 spiro atoms. The zero-order valence-corrected chi connectivity index (χ0v) is 18.6. The Bertz CT molecular complexity index is 1410. The number of carbonyl (C=O) groups excluding carboxylic acids is 2. The third kappa shape index (κ3) is 5.60. The summed E-state index contributed by atoms with van der Waals surface area (Å²) >= 11 is 5.52. The number of carbonyl (C=O) groups is 2. The van der Waals surface area contributed by atoms with E-state index in [2.05, 4.69) is 16.0 Å². The average Bonchev–Trinajstić information content (AvgIpc) is 2.80. The molecular formula is C21H15ClF4N4O6. The monoisotopic (exact) mass is 530 g/mol. The summed E-state index contributed by atoms with van der Waals surface area (Å²) in [4.78, 5) is 37.7. The van der Waals surface area contributed by atoms with Gasteiger partial charge in [0, 0.05) is 18.8 Å². The second kappa shape index (κ2) is 10.0. The second-order valence-corrected chi connectivity index (χ2v) is 7.36. The number of hydrogen-bond donors (Lipinski definition) is 6. The Labute approximate surface area is 203 Å². The van der Waals surface area contributed by atoms with Gasteiger partial charge in [0.05, 0.1) is 16.3 Å². The predicted molar refractivity (Wildman–Crippen MR) is 119 cm³/mol. The lowest BCUT2D eigenvalue weighted by Crippen LogP contribution is -2.23. The highest BCUT2D eigenvalue weighted by Crippen LogP contribution is 2.39. The van der Waals surface area contributed by atoms with E-state index < -0.39 is 68.7 Å². The number of H-pyrrole nitrogens is 1. The first-order valence-electron chi connectivity index (χ1n) is 9.64. The fourth-order valence-corrected chi connectivity index (χ4v) is 3.05. The quantitative estimate of drug-likeness (QED) is 0.269. The van der Waals surface area contributed by atoms with Crippen LogP contribution in [-0.4, -0.2) is 34.2 Å². The van der Waals surface area contributed by atoms with E-state index in [0.29, 0.717) is 12.1 Å². The summed E-state index contributed by atoms with van der Waals surface area (Å²) in [7, 11) is 1.22. The van der Waals surface area contributed by atoms with Crippen LogP contribution in [0.4, 0.5) is 33.7 Å². The summed E-state index contributed by atoms with van der Waals surface area (Å²) in [6.07, 6.45) is -4.76. The summed E-state index contributed by atoms with van der Waals surface area (Å²) in [5.74, 6) is -5.22. The predicted octanol–water partition coefficient (Wildman–Crippen LogP) is 4.39. The van der Waals surface area contributed by atoms with Gasteiger partial charge in [-0.05, 0) is 30.3 Å². The first kappa shape index (κ1) is 26.2. The Balaban J connectivity index is 1.79. The molecule has 0 unspecified atom stereocenters. The minimum absolute atomic E-state index is 0.267.